The number of nitrogens with zero attached hydrogens (tertiary/aromatic N) is 2. The first kappa shape index (κ1) is 14.1. The van der Waals surface area contributed by atoms with Crippen LogP contribution in [0.5, 0.6) is 0 Å². The van der Waals surface area contributed by atoms with E-state index in [2.05, 4.69) is 4.98 Å². The lowest BCUT2D eigenvalue weighted by Crippen LogP contribution is -2.29. The van der Waals surface area contributed by atoms with E-state index in [1.165, 1.54) is 0 Å². The lowest BCUT2D eigenvalue weighted by Gasteiger charge is -2.26. The Morgan fingerprint density at radius 2 is 1.95 bits per heavy atom. The quantitative estimate of drug-likeness (QED) is 0.673. The van der Waals surface area contributed by atoms with Gasteiger partial charge in [-0.05, 0) is 41.0 Å². The number of hydrogen-bond acceptors (Lipinski definition) is 2. The summed E-state index contributed by atoms with van der Waals surface area (Å²) >= 11 is 12.0. The fourth-order valence-electron chi connectivity index (χ4n) is 2.39. The van der Waals surface area contributed by atoms with Gasteiger partial charge in [0.25, 0.3) is 0 Å². The monoisotopic (exact) mass is 318 g/mol. The topological polar surface area (TPSA) is 33.2 Å². The second-order valence-electron chi connectivity index (χ2n) is 4.85. The smallest absolute Gasteiger partial charge is 0.224 e. The summed E-state index contributed by atoms with van der Waals surface area (Å²) in [6.07, 6.45) is 5.61. The zero-order valence-corrected chi connectivity index (χ0v) is 12.8. The van der Waals surface area contributed by atoms with Crippen LogP contribution >= 0.6 is 23.2 Å². The summed E-state index contributed by atoms with van der Waals surface area (Å²) in [6, 6.07) is 7.28. The van der Waals surface area contributed by atoms with Gasteiger partial charge in [-0.3, -0.25) is 4.79 Å². The normalized spacial score (nSPS) is 14.7. The van der Waals surface area contributed by atoms with Crippen molar-refractivity contribution in [3.8, 4) is 0 Å². The molecule has 106 valence electrons. The SMILES string of the molecule is CC(=O)N1Cc2cc(Cl)ncc2/C=C\c2cc(Cl)ccc21. The van der Waals surface area contributed by atoms with Gasteiger partial charge in [0.2, 0.25) is 5.91 Å². The third kappa shape index (κ3) is 2.80. The summed E-state index contributed by atoms with van der Waals surface area (Å²) in [7, 11) is 0. The van der Waals surface area contributed by atoms with E-state index in [1.54, 1.807) is 30.2 Å². The number of fused-ring (bicyclic) bond motifs is 2. The first-order valence-electron chi connectivity index (χ1n) is 6.45. The minimum atomic E-state index is -0.0345. The van der Waals surface area contributed by atoms with Crippen molar-refractivity contribution in [2.45, 2.75) is 13.5 Å². The summed E-state index contributed by atoms with van der Waals surface area (Å²) in [5.41, 5.74) is 3.64. The van der Waals surface area contributed by atoms with Gasteiger partial charge < -0.3 is 4.90 Å². The van der Waals surface area contributed by atoms with Crippen LogP contribution in [0, 0.1) is 0 Å². The largest absolute Gasteiger partial charge is 0.308 e. The van der Waals surface area contributed by atoms with Crippen LogP contribution in [-0.2, 0) is 11.3 Å². The van der Waals surface area contributed by atoms with Gasteiger partial charge in [0.15, 0.2) is 0 Å². The second-order valence-corrected chi connectivity index (χ2v) is 5.67. The lowest BCUT2D eigenvalue weighted by molar-refractivity contribution is -0.116. The van der Waals surface area contributed by atoms with Gasteiger partial charge in [0.05, 0.1) is 12.2 Å². The number of anilines is 1. The van der Waals surface area contributed by atoms with Gasteiger partial charge in [-0.25, -0.2) is 4.98 Å². The van der Waals surface area contributed by atoms with Gasteiger partial charge in [-0.15, -0.1) is 0 Å². The molecule has 0 saturated carbocycles. The Bertz CT molecular complexity index is 756. The van der Waals surface area contributed by atoms with E-state index in [9.17, 15) is 4.79 Å². The minimum Gasteiger partial charge on any atom is -0.308 e. The number of carbonyl (C=O) groups excluding carboxylic acids is 1. The molecular formula is C16H12Cl2N2O. The Morgan fingerprint density at radius 3 is 2.71 bits per heavy atom. The maximum atomic E-state index is 12.0. The van der Waals surface area contributed by atoms with Gasteiger partial charge in [0.1, 0.15) is 5.15 Å². The highest BCUT2D eigenvalue weighted by Gasteiger charge is 2.19. The van der Waals surface area contributed by atoms with Crippen molar-refractivity contribution in [2.75, 3.05) is 4.90 Å². The molecule has 2 aromatic rings. The number of amides is 1. The Labute approximate surface area is 132 Å². The second kappa shape index (κ2) is 5.51. The van der Waals surface area contributed by atoms with Gasteiger partial charge in [-0.1, -0.05) is 35.4 Å². The van der Waals surface area contributed by atoms with Crippen molar-refractivity contribution in [3.05, 3.63) is 57.3 Å². The standard InChI is InChI=1S/C16H12Cl2N2O/c1-10(21)20-9-13-7-16(18)19-8-12(13)3-2-11-6-14(17)4-5-15(11)20/h2-8H,9H2,1H3/b3-2-. The summed E-state index contributed by atoms with van der Waals surface area (Å²) in [5.74, 6) is -0.0345. The van der Waals surface area contributed by atoms with Crippen LogP contribution in [0.25, 0.3) is 12.2 Å². The molecule has 1 aliphatic rings. The first-order chi connectivity index (χ1) is 10.0. The van der Waals surface area contributed by atoms with Crippen molar-refractivity contribution in [2.24, 2.45) is 0 Å². The number of pyridine rings is 1. The maximum absolute atomic E-state index is 12.0. The van der Waals surface area contributed by atoms with Crippen LogP contribution in [0.3, 0.4) is 0 Å². The molecule has 0 radical (unpaired) electrons. The molecule has 1 aromatic heterocycles. The van der Waals surface area contributed by atoms with E-state index < -0.39 is 0 Å². The van der Waals surface area contributed by atoms with Gasteiger partial charge >= 0.3 is 0 Å². The molecule has 1 amide bonds. The van der Waals surface area contributed by atoms with Gasteiger partial charge in [0, 0.05) is 18.1 Å². The molecule has 0 saturated heterocycles. The Balaban J connectivity index is 2.21. The van der Waals surface area contributed by atoms with Crippen molar-refractivity contribution < 1.29 is 4.79 Å². The molecule has 0 atom stereocenters. The number of benzene rings is 1. The van der Waals surface area contributed by atoms with Crippen LogP contribution < -0.4 is 4.90 Å². The van der Waals surface area contributed by atoms with Crippen molar-refractivity contribution in [3.63, 3.8) is 0 Å². The van der Waals surface area contributed by atoms with E-state index in [1.807, 2.05) is 24.3 Å². The molecule has 0 aliphatic carbocycles. The molecule has 5 heteroatoms. The highest BCUT2D eigenvalue weighted by atomic mass is 35.5. The Kier molecular flexibility index (Phi) is 3.70. The average Bonchev–Trinajstić information content (AvgIpc) is 2.42. The van der Waals surface area contributed by atoms with E-state index in [0.717, 1.165) is 22.4 Å². The van der Waals surface area contributed by atoms with Crippen LogP contribution in [0.2, 0.25) is 10.2 Å². The third-order valence-electron chi connectivity index (χ3n) is 3.42. The molecule has 1 aliphatic heterocycles. The lowest BCUT2D eigenvalue weighted by atomic mass is 10.0. The minimum absolute atomic E-state index is 0.0345. The third-order valence-corrected chi connectivity index (χ3v) is 3.86. The zero-order chi connectivity index (χ0) is 15.0. The average molecular weight is 319 g/mol. The first-order valence-corrected chi connectivity index (χ1v) is 7.20. The number of halogens is 2. The maximum Gasteiger partial charge on any atom is 0.224 e. The fourth-order valence-corrected chi connectivity index (χ4v) is 2.75. The number of rotatable bonds is 0. The number of aromatic nitrogens is 1. The van der Waals surface area contributed by atoms with E-state index in [0.29, 0.717) is 16.7 Å². The van der Waals surface area contributed by atoms with Crippen molar-refractivity contribution >= 4 is 46.9 Å². The molecule has 3 nitrogen and oxygen atoms in total. The van der Waals surface area contributed by atoms with E-state index >= 15 is 0 Å². The molecule has 0 spiro atoms. The molecular weight excluding hydrogens is 307 g/mol. The molecule has 3 rings (SSSR count). The summed E-state index contributed by atoms with van der Waals surface area (Å²) < 4.78 is 0. The predicted molar refractivity (Wildman–Crippen MR) is 86.5 cm³/mol. The highest BCUT2D eigenvalue weighted by molar-refractivity contribution is 6.31. The van der Waals surface area contributed by atoms with Crippen molar-refractivity contribution in [1.82, 2.24) is 4.98 Å². The highest BCUT2D eigenvalue weighted by Crippen LogP contribution is 2.31. The molecule has 0 fully saturated rings. The fraction of sp³-hybridized carbons (Fsp3) is 0.125. The molecule has 1 aromatic carbocycles. The summed E-state index contributed by atoms with van der Waals surface area (Å²) in [5, 5.41) is 1.06. The summed E-state index contributed by atoms with van der Waals surface area (Å²) in [6.45, 7) is 2.00. The molecule has 0 unspecified atom stereocenters. The van der Waals surface area contributed by atoms with E-state index in [4.69, 9.17) is 23.2 Å². The molecule has 0 bridgehead atoms. The van der Waals surface area contributed by atoms with Crippen LogP contribution in [0.15, 0.2) is 30.5 Å². The van der Waals surface area contributed by atoms with Crippen molar-refractivity contribution in [1.29, 1.82) is 0 Å². The zero-order valence-electron chi connectivity index (χ0n) is 11.3. The molecule has 21 heavy (non-hydrogen) atoms. The van der Waals surface area contributed by atoms with E-state index in [-0.39, 0.29) is 5.91 Å². The van der Waals surface area contributed by atoms with Gasteiger partial charge in [-0.2, -0.15) is 0 Å². The molecule has 0 N–H and O–H groups in total. The Morgan fingerprint density at radius 1 is 1.19 bits per heavy atom. The van der Waals surface area contributed by atoms with Crippen LogP contribution in [-0.4, -0.2) is 10.9 Å². The number of carbonyl (C=O) groups is 1. The predicted octanol–water partition coefficient (Wildman–Crippen LogP) is 4.43. The van der Waals surface area contributed by atoms with Crippen LogP contribution in [0.4, 0.5) is 5.69 Å². The Hall–Kier alpha value is -1.84. The summed E-state index contributed by atoms with van der Waals surface area (Å²) in [4.78, 5) is 17.8. The number of hydrogen-bond donors (Lipinski definition) is 0. The molecule has 2 heterocycles. The van der Waals surface area contributed by atoms with Crippen LogP contribution in [0.1, 0.15) is 23.6 Å².